The van der Waals surface area contributed by atoms with Gasteiger partial charge in [0, 0.05) is 24.8 Å². The maximum atomic E-state index is 6.20. The summed E-state index contributed by atoms with van der Waals surface area (Å²) in [5.41, 5.74) is 0. The summed E-state index contributed by atoms with van der Waals surface area (Å²) in [6, 6.07) is 12.9. The van der Waals surface area contributed by atoms with E-state index >= 15 is 0 Å². The fourth-order valence-corrected chi connectivity index (χ4v) is 3.57. The fraction of sp³-hybridized carbons (Fsp3) is 0.600. The van der Waals surface area contributed by atoms with E-state index in [4.69, 9.17) is 4.74 Å². The van der Waals surface area contributed by atoms with E-state index < -0.39 is 0 Å². The molecule has 0 N–H and O–H groups in total. The Morgan fingerprint density at radius 2 is 1.56 bits per heavy atom. The molecule has 1 atom stereocenters. The maximum Gasteiger partial charge on any atom is 0.263 e. The molecular weight excluding hydrogens is 332 g/mol. The molecule has 2 aromatic carbocycles. The SMILES string of the molecule is CC.CCCC(CC)CCOc1ccc([O+](CC)CCC)c2ccccc12. The van der Waals surface area contributed by atoms with Crippen LogP contribution < -0.4 is 4.74 Å². The smallest absolute Gasteiger partial charge is 0.263 e. The first kappa shape index (κ1) is 23.3. The van der Waals surface area contributed by atoms with Gasteiger partial charge in [0.1, 0.15) is 5.75 Å². The van der Waals surface area contributed by atoms with Gasteiger partial charge in [0.15, 0.2) is 13.2 Å². The highest BCUT2D eigenvalue weighted by molar-refractivity contribution is 5.93. The second-order valence-corrected chi connectivity index (χ2v) is 6.79. The third-order valence-corrected chi connectivity index (χ3v) is 5.01. The zero-order chi connectivity index (χ0) is 20.1. The number of fused-ring (bicyclic) bond motifs is 1. The van der Waals surface area contributed by atoms with Crippen LogP contribution in [0.15, 0.2) is 36.4 Å². The summed E-state index contributed by atoms with van der Waals surface area (Å²) in [4.78, 5) is 0. The molecule has 0 radical (unpaired) electrons. The summed E-state index contributed by atoms with van der Waals surface area (Å²) < 4.78 is 9.56. The summed E-state index contributed by atoms with van der Waals surface area (Å²) in [6.45, 7) is 15.7. The van der Waals surface area contributed by atoms with Gasteiger partial charge < -0.3 is 9.10 Å². The van der Waals surface area contributed by atoms with Gasteiger partial charge in [0.2, 0.25) is 0 Å². The predicted molar refractivity (Wildman–Crippen MR) is 120 cm³/mol. The minimum atomic E-state index is 0.784. The van der Waals surface area contributed by atoms with Crippen molar-refractivity contribution >= 4 is 10.8 Å². The van der Waals surface area contributed by atoms with Gasteiger partial charge in [-0.3, -0.25) is 0 Å². The molecule has 0 amide bonds. The van der Waals surface area contributed by atoms with Gasteiger partial charge in [-0.1, -0.05) is 72.1 Å². The molecule has 0 fully saturated rings. The third kappa shape index (κ3) is 6.75. The van der Waals surface area contributed by atoms with Crippen molar-refractivity contribution in [1.29, 1.82) is 0 Å². The molecule has 0 bridgehead atoms. The van der Waals surface area contributed by atoms with E-state index in [9.17, 15) is 0 Å². The Labute approximate surface area is 167 Å². The molecule has 152 valence electrons. The standard InChI is InChI=1S/C23H35O2.C2H6/c1-5-11-19(7-3)16-17-24-22-14-15-23(25(8-4)18-6-2)21-13-10-9-12-20(21)22;1-2/h9-10,12-15,19H,5-8,11,16-18H2,1-4H3;1-2H3/q+1;. The average molecular weight is 374 g/mol. The highest BCUT2D eigenvalue weighted by atomic mass is 16.7. The minimum Gasteiger partial charge on any atom is -0.572 e. The molecule has 0 aliphatic carbocycles. The zero-order valence-corrected chi connectivity index (χ0v) is 18.5. The van der Waals surface area contributed by atoms with Gasteiger partial charge in [-0.05, 0) is 24.5 Å². The molecule has 0 spiro atoms. The molecule has 0 aromatic heterocycles. The van der Waals surface area contributed by atoms with Crippen LogP contribution in [-0.4, -0.2) is 19.8 Å². The van der Waals surface area contributed by atoms with Crippen molar-refractivity contribution in [2.24, 2.45) is 5.92 Å². The molecule has 0 heterocycles. The second-order valence-electron chi connectivity index (χ2n) is 6.79. The lowest BCUT2D eigenvalue weighted by Crippen LogP contribution is -2.09. The lowest BCUT2D eigenvalue weighted by atomic mass is 9.98. The summed E-state index contributed by atoms with van der Waals surface area (Å²) in [7, 11) is 0. The third-order valence-electron chi connectivity index (χ3n) is 5.01. The van der Waals surface area contributed by atoms with Crippen molar-refractivity contribution in [1.82, 2.24) is 0 Å². The topological polar surface area (TPSA) is 11.9 Å². The Morgan fingerprint density at radius 3 is 2.15 bits per heavy atom. The van der Waals surface area contributed by atoms with E-state index in [0.29, 0.717) is 0 Å². The Bertz CT molecular complexity index is 635. The van der Waals surface area contributed by atoms with Gasteiger partial charge in [-0.15, -0.1) is 0 Å². The number of hydrogen-bond donors (Lipinski definition) is 0. The zero-order valence-electron chi connectivity index (χ0n) is 18.5. The molecule has 2 rings (SSSR count). The van der Waals surface area contributed by atoms with E-state index in [0.717, 1.165) is 44.3 Å². The average Bonchev–Trinajstić information content (AvgIpc) is 2.73. The fourth-order valence-electron chi connectivity index (χ4n) is 3.57. The van der Waals surface area contributed by atoms with Crippen LogP contribution in [0.4, 0.5) is 0 Å². The summed E-state index contributed by atoms with van der Waals surface area (Å²) in [5, 5.41) is 2.48. The molecule has 27 heavy (non-hydrogen) atoms. The lowest BCUT2D eigenvalue weighted by molar-refractivity contribution is -0.0430. The van der Waals surface area contributed by atoms with Crippen LogP contribution in [0.2, 0.25) is 0 Å². The van der Waals surface area contributed by atoms with Crippen LogP contribution in [0.5, 0.6) is 11.5 Å². The van der Waals surface area contributed by atoms with E-state index in [1.807, 2.05) is 13.8 Å². The van der Waals surface area contributed by atoms with E-state index in [1.165, 1.54) is 35.8 Å². The van der Waals surface area contributed by atoms with Crippen LogP contribution >= 0.6 is 0 Å². The van der Waals surface area contributed by atoms with E-state index in [1.54, 1.807) is 0 Å². The normalized spacial score (nSPS) is 11.6. The summed E-state index contributed by atoms with van der Waals surface area (Å²) >= 11 is 0. The largest absolute Gasteiger partial charge is 0.572 e. The van der Waals surface area contributed by atoms with Gasteiger partial charge in [-0.25, -0.2) is 0 Å². The van der Waals surface area contributed by atoms with Crippen LogP contribution in [0.1, 0.15) is 73.6 Å². The molecule has 0 saturated carbocycles. The molecule has 0 aliphatic rings. The van der Waals surface area contributed by atoms with Gasteiger partial charge >= 0.3 is 0 Å². The Morgan fingerprint density at radius 1 is 0.852 bits per heavy atom. The molecule has 0 aliphatic heterocycles. The minimum absolute atomic E-state index is 0.784. The maximum absolute atomic E-state index is 6.20. The quantitative estimate of drug-likeness (QED) is 0.362. The number of benzene rings is 2. The summed E-state index contributed by atoms with van der Waals surface area (Å²) in [5.74, 6) is 3.04. The highest BCUT2D eigenvalue weighted by Crippen LogP contribution is 2.38. The van der Waals surface area contributed by atoms with Gasteiger partial charge in [0.05, 0.1) is 12.0 Å². The molecule has 2 aromatic rings. The van der Waals surface area contributed by atoms with Gasteiger partial charge in [0.25, 0.3) is 5.75 Å². The number of hydrogen-bond acceptors (Lipinski definition) is 1. The summed E-state index contributed by atoms with van der Waals surface area (Å²) in [6.07, 6.45) is 6.08. The van der Waals surface area contributed by atoms with Crippen LogP contribution in [0.25, 0.3) is 10.8 Å². The number of rotatable bonds is 11. The van der Waals surface area contributed by atoms with Crippen LogP contribution in [0.3, 0.4) is 0 Å². The molecule has 2 nitrogen and oxygen atoms in total. The van der Waals surface area contributed by atoms with Crippen molar-refractivity contribution in [3.05, 3.63) is 36.4 Å². The van der Waals surface area contributed by atoms with Crippen molar-refractivity contribution in [3.8, 4) is 11.5 Å². The number of ether oxygens (including phenoxy) is 1. The Kier molecular flexibility index (Phi) is 11.6. The predicted octanol–water partition coefficient (Wildman–Crippen LogP) is 8.16. The molecule has 1 unspecified atom stereocenters. The monoisotopic (exact) mass is 373 g/mol. The first-order valence-corrected chi connectivity index (χ1v) is 11.1. The van der Waals surface area contributed by atoms with Gasteiger partial charge in [-0.2, -0.15) is 0 Å². The van der Waals surface area contributed by atoms with E-state index in [2.05, 4.69) is 68.5 Å². The first-order valence-electron chi connectivity index (χ1n) is 11.1. The molecule has 2 heteroatoms. The van der Waals surface area contributed by atoms with Crippen molar-refractivity contribution in [2.45, 2.75) is 73.6 Å². The van der Waals surface area contributed by atoms with Crippen molar-refractivity contribution in [3.63, 3.8) is 0 Å². The van der Waals surface area contributed by atoms with Crippen molar-refractivity contribution in [2.75, 3.05) is 19.8 Å². The lowest BCUT2D eigenvalue weighted by Gasteiger charge is -2.24. The van der Waals surface area contributed by atoms with Crippen LogP contribution in [0, 0.1) is 5.92 Å². The second kappa shape index (κ2) is 13.5. The Balaban J connectivity index is 0.00000176. The van der Waals surface area contributed by atoms with Crippen molar-refractivity contribution < 1.29 is 9.10 Å². The molecular formula is C25H41O2+. The van der Waals surface area contributed by atoms with Crippen LogP contribution in [-0.2, 0) is 4.37 Å². The van der Waals surface area contributed by atoms with E-state index in [-0.39, 0.29) is 0 Å². The Hall–Kier alpha value is -1.70. The first-order chi connectivity index (χ1) is 13.2. The highest BCUT2D eigenvalue weighted by Gasteiger charge is 2.16. The molecule has 0 saturated heterocycles.